The number of hydrogen-bond donors (Lipinski definition) is 1. The van der Waals surface area contributed by atoms with Crippen LogP contribution in [0.5, 0.6) is 0 Å². The van der Waals surface area contributed by atoms with Crippen LogP contribution >= 0.6 is 0 Å². The lowest BCUT2D eigenvalue weighted by Gasteiger charge is -2.15. The number of nitro groups is 1. The number of imide groups is 1. The fourth-order valence-electron chi connectivity index (χ4n) is 2.59. The van der Waals surface area contributed by atoms with Gasteiger partial charge in [0.05, 0.1) is 29.6 Å². The number of nitrogens with one attached hydrogen (secondary N) is 1. The molecule has 1 aliphatic rings. The van der Waals surface area contributed by atoms with Crippen LogP contribution in [0.2, 0.25) is 0 Å². The first-order chi connectivity index (χ1) is 11.5. The summed E-state index contributed by atoms with van der Waals surface area (Å²) in [6, 6.07) is 8.31. The van der Waals surface area contributed by atoms with Crippen molar-refractivity contribution in [1.82, 2.24) is 5.32 Å². The minimum absolute atomic E-state index is 0.0372. The van der Waals surface area contributed by atoms with Gasteiger partial charge >= 0.3 is 0 Å². The number of hydrogen-bond acceptors (Lipinski definition) is 6. The topological polar surface area (TPSA) is 106 Å². The number of aryl methyl sites for hydroxylation is 1. The lowest BCUT2D eigenvalue weighted by molar-refractivity contribution is -0.384. The summed E-state index contributed by atoms with van der Waals surface area (Å²) in [5, 5.41) is 13.7. The molecule has 1 unspecified atom stereocenters. The molecule has 1 atom stereocenters. The van der Waals surface area contributed by atoms with E-state index in [2.05, 4.69) is 5.32 Å². The molecule has 0 aliphatic carbocycles. The fourth-order valence-corrected chi connectivity index (χ4v) is 2.59. The number of nitrogens with zero attached hydrogens (tertiary/aromatic N) is 2. The number of nitro benzene ring substituents is 1. The first-order valence-electron chi connectivity index (χ1n) is 7.35. The molecule has 1 aliphatic heterocycles. The molecule has 1 aromatic heterocycles. The third-order valence-electron chi connectivity index (χ3n) is 3.78. The van der Waals surface area contributed by atoms with Gasteiger partial charge in [-0.2, -0.15) is 0 Å². The van der Waals surface area contributed by atoms with Crippen LogP contribution in [-0.4, -0.2) is 22.8 Å². The van der Waals surface area contributed by atoms with Gasteiger partial charge in [0.2, 0.25) is 5.91 Å². The Labute approximate surface area is 137 Å². The molecular weight excluding hydrogens is 314 g/mol. The molecule has 0 radical (unpaired) electrons. The van der Waals surface area contributed by atoms with E-state index in [-0.39, 0.29) is 23.9 Å². The summed E-state index contributed by atoms with van der Waals surface area (Å²) in [6.07, 6.45) is 0.0372. The van der Waals surface area contributed by atoms with E-state index >= 15 is 0 Å². The highest BCUT2D eigenvalue weighted by atomic mass is 16.6. The lowest BCUT2D eigenvalue weighted by atomic mass is 10.2. The van der Waals surface area contributed by atoms with Crippen molar-refractivity contribution in [2.24, 2.45) is 0 Å². The Morgan fingerprint density at radius 1 is 1.25 bits per heavy atom. The van der Waals surface area contributed by atoms with Crippen LogP contribution in [0.25, 0.3) is 0 Å². The Kier molecular flexibility index (Phi) is 4.13. The van der Waals surface area contributed by atoms with Gasteiger partial charge in [-0.15, -0.1) is 0 Å². The summed E-state index contributed by atoms with van der Waals surface area (Å²) in [6.45, 7) is 2.16. The maximum atomic E-state index is 12.4. The van der Waals surface area contributed by atoms with Crippen LogP contribution in [-0.2, 0) is 16.1 Å². The number of amides is 2. The van der Waals surface area contributed by atoms with E-state index in [1.165, 1.54) is 24.3 Å². The molecule has 1 N–H and O–H groups in total. The second kappa shape index (κ2) is 6.25. The van der Waals surface area contributed by atoms with Gasteiger partial charge in [-0.25, -0.2) is 4.90 Å². The first kappa shape index (κ1) is 15.9. The number of carbonyl (C=O) groups is 2. The molecule has 2 amide bonds. The van der Waals surface area contributed by atoms with Gasteiger partial charge in [-0.05, 0) is 31.2 Å². The molecule has 8 nitrogen and oxygen atoms in total. The molecule has 124 valence electrons. The van der Waals surface area contributed by atoms with Crippen LogP contribution in [0.15, 0.2) is 40.8 Å². The maximum absolute atomic E-state index is 12.4. The number of non-ortho nitro benzene ring substituents is 1. The minimum Gasteiger partial charge on any atom is -0.465 e. The van der Waals surface area contributed by atoms with E-state index in [0.29, 0.717) is 18.0 Å². The zero-order valence-electron chi connectivity index (χ0n) is 12.9. The van der Waals surface area contributed by atoms with Crippen LogP contribution < -0.4 is 10.2 Å². The highest BCUT2D eigenvalue weighted by Gasteiger charge is 2.39. The summed E-state index contributed by atoms with van der Waals surface area (Å²) in [4.78, 5) is 35.8. The lowest BCUT2D eigenvalue weighted by Crippen LogP contribution is -2.38. The van der Waals surface area contributed by atoms with Gasteiger partial charge in [0.15, 0.2) is 0 Å². The highest BCUT2D eigenvalue weighted by molar-refractivity contribution is 6.22. The second-order valence-corrected chi connectivity index (χ2v) is 5.49. The molecule has 0 bridgehead atoms. The molecule has 8 heteroatoms. The third kappa shape index (κ3) is 3.04. The summed E-state index contributed by atoms with van der Waals surface area (Å²) >= 11 is 0. The highest BCUT2D eigenvalue weighted by Crippen LogP contribution is 2.25. The quantitative estimate of drug-likeness (QED) is 0.510. The van der Waals surface area contributed by atoms with Gasteiger partial charge in [-0.3, -0.25) is 25.0 Å². The normalized spacial score (nSPS) is 17.5. The van der Waals surface area contributed by atoms with Crippen LogP contribution in [0.1, 0.15) is 17.9 Å². The van der Waals surface area contributed by atoms with Crippen molar-refractivity contribution in [2.75, 3.05) is 4.90 Å². The van der Waals surface area contributed by atoms with Gasteiger partial charge in [0.1, 0.15) is 11.5 Å². The molecule has 1 saturated heterocycles. The van der Waals surface area contributed by atoms with Crippen LogP contribution in [0, 0.1) is 17.0 Å². The van der Waals surface area contributed by atoms with E-state index in [1.54, 1.807) is 6.07 Å². The molecule has 0 saturated carbocycles. The van der Waals surface area contributed by atoms with Crippen LogP contribution in [0.3, 0.4) is 0 Å². The SMILES string of the molecule is Cc1ccc(CNC2CC(=O)N(c3ccc([N+](=O)[O-])cc3)C2=O)o1. The fraction of sp³-hybridized carbons (Fsp3) is 0.250. The summed E-state index contributed by atoms with van der Waals surface area (Å²) in [5.74, 6) is 0.730. The van der Waals surface area contributed by atoms with E-state index in [0.717, 1.165) is 10.7 Å². The Balaban J connectivity index is 1.70. The van der Waals surface area contributed by atoms with Crippen molar-refractivity contribution in [3.63, 3.8) is 0 Å². The van der Waals surface area contributed by atoms with Gasteiger partial charge in [0, 0.05) is 12.1 Å². The summed E-state index contributed by atoms with van der Waals surface area (Å²) < 4.78 is 5.42. The van der Waals surface area contributed by atoms with Crippen molar-refractivity contribution < 1.29 is 18.9 Å². The molecule has 24 heavy (non-hydrogen) atoms. The molecule has 3 rings (SSSR count). The van der Waals surface area contributed by atoms with E-state index in [9.17, 15) is 19.7 Å². The van der Waals surface area contributed by atoms with Crippen LogP contribution in [0.4, 0.5) is 11.4 Å². The predicted octanol–water partition coefficient (Wildman–Crippen LogP) is 1.92. The third-order valence-corrected chi connectivity index (χ3v) is 3.78. The van der Waals surface area contributed by atoms with Crippen molar-refractivity contribution in [1.29, 1.82) is 0 Å². The Morgan fingerprint density at radius 2 is 1.96 bits per heavy atom. The average molecular weight is 329 g/mol. The number of furan rings is 1. The van der Waals surface area contributed by atoms with Crippen molar-refractivity contribution in [3.8, 4) is 0 Å². The number of carbonyl (C=O) groups excluding carboxylic acids is 2. The molecule has 2 aromatic rings. The zero-order valence-corrected chi connectivity index (χ0v) is 12.9. The predicted molar refractivity (Wildman–Crippen MR) is 84.3 cm³/mol. The summed E-state index contributed by atoms with van der Waals surface area (Å²) in [5.41, 5.74) is 0.231. The number of anilines is 1. The number of benzene rings is 1. The average Bonchev–Trinajstić information content (AvgIpc) is 3.08. The van der Waals surface area contributed by atoms with E-state index < -0.39 is 11.0 Å². The standard InChI is InChI=1S/C16H15N3O5/c1-10-2-7-13(24-10)9-17-14-8-15(20)18(16(14)21)11-3-5-12(6-4-11)19(22)23/h2-7,14,17H,8-9H2,1H3. The zero-order chi connectivity index (χ0) is 17.3. The molecule has 2 heterocycles. The van der Waals surface area contributed by atoms with Crippen molar-refractivity contribution in [3.05, 3.63) is 58.0 Å². The maximum Gasteiger partial charge on any atom is 0.269 e. The first-order valence-corrected chi connectivity index (χ1v) is 7.35. The van der Waals surface area contributed by atoms with Crippen molar-refractivity contribution >= 4 is 23.2 Å². The van der Waals surface area contributed by atoms with Crippen molar-refractivity contribution in [2.45, 2.75) is 25.9 Å². The minimum atomic E-state index is -0.641. The van der Waals surface area contributed by atoms with Gasteiger partial charge in [-0.1, -0.05) is 0 Å². The Bertz CT molecular complexity index is 796. The molecular formula is C16H15N3O5. The number of rotatable bonds is 5. The Hall–Kier alpha value is -3.00. The monoisotopic (exact) mass is 329 g/mol. The molecule has 0 spiro atoms. The van der Waals surface area contributed by atoms with Gasteiger partial charge < -0.3 is 4.42 Å². The summed E-state index contributed by atoms with van der Waals surface area (Å²) in [7, 11) is 0. The Morgan fingerprint density at radius 3 is 2.54 bits per heavy atom. The molecule has 1 aromatic carbocycles. The van der Waals surface area contributed by atoms with E-state index in [4.69, 9.17) is 4.42 Å². The molecule has 1 fully saturated rings. The van der Waals surface area contributed by atoms with Gasteiger partial charge in [0.25, 0.3) is 11.6 Å². The largest absolute Gasteiger partial charge is 0.465 e. The second-order valence-electron chi connectivity index (χ2n) is 5.49. The smallest absolute Gasteiger partial charge is 0.269 e. The van der Waals surface area contributed by atoms with E-state index in [1.807, 2.05) is 13.0 Å².